The van der Waals surface area contributed by atoms with Crippen LogP contribution < -0.4 is 10.0 Å². The fourth-order valence-electron chi connectivity index (χ4n) is 1.86. The van der Waals surface area contributed by atoms with Gasteiger partial charge in [0.25, 0.3) is 5.91 Å². The summed E-state index contributed by atoms with van der Waals surface area (Å²) < 4.78 is 32.2. The summed E-state index contributed by atoms with van der Waals surface area (Å²) in [5.74, 6) is -0.370. The Balaban J connectivity index is 3.15. The fourth-order valence-corrected chi connectivity index (χ4v) is 3.93. The maximum Gasteiger partial charge on any atom is 0.253 e. The smallest absolute Gasteiger partial charge is 0.253 e. The lowest BCUT2D eigenvalue weighted by molar-refractivity contribution is 0.0905. The quantitative estimate of drug-likeness (QED) is 0.707. The molecule has 0 saturated heterocycles. The van der Waals surface area contributed by atoms with Crippen molar-refractivity contribution in [2.24, 2.45) is 5.92 Å². The van der Waals surface area contributed by atoms with E-state index in [1.165, 1.54) is 19.2 Å². The maximum absolute atomic E-state index is 12.4. The van der Waals surface area contributed by atoms with Gasteiger partial charge in [-0.2, -0.15) is 0 Å². The second-order valence-electron chi connectivity index (χ2n) is 5.84. The van der Waals surface area contributed by atoms with Gasteiger partial charge in [0.2, 0.25) is 10.0 Å². The lowest BCUT2D eigenvalue weighted by Gasteiger charge is -2.15. The van der Waals surface area contributed by atoms with Gasteiger partial charge in [-0.1, -0.05) is 37.0 Å². The van der Waals surface area contributed by atoms with Gasteiger partial charge in [0.05, 0.1) is 22.2 Å². The summed E-state index contributed by atoms with van der Waals surface area (Å²) in [7, 11) is -2.33. The number of hydrogen-bond donors (Lipinski definition) is 2. The van der Waals surface area contributed by atoms with Crippen molar-refractivity contribution in [1.29, 1.82) is 0 Å². The number of amides is 1. The van der Waals surface area contributed by atoms with Gasteiger partial charge in [-0.3, -0.25) is 4.79 Å². The van der Waals surface area contributed by atoms with Crippen molar-refractivity contribution in [3.8, 4) is 0 Å². The molecule has 0 heterocycles. The van der Waals surface area contributed by atoms with Crippen molar-refractivity contribution < 1.29 is 17.9 Å². The Kier molecular flexibility index (Phi) is 7.95. The van der Waals surface area contributed by atoms with Crippen LogP contribution in [0.4, 0.5) is 0 Å². The molecular weight excluding hydrogens is 375 g/mol. The lowest BCUT2D eigenvalue weighted by atomic mass is 10.2. The van der Waals surface area contributed by atoms with Gasteiger partial charge in [-0.15, -0.1) is 0 Å². The number of hydrogen-bond acceptors (Lipinski definition) is 4. The Morgan fingerprint density at radius 1 is 1.21 bits per heavy atom. The molecule has 24 heavy (non-hydrogen) atoms. The van der Waals surface area contributed by atoms with E-state index in [0.29, 0.717) is 6.61 Å². The number of ether oxygens (including phenoxy) is 1. The van der Waals surface area contributed by atoms with Crippen molar-refractivity contribution >= 4 is 39.1 Å². The third kappa shape index (κ3) is 5.89. The molecule has 1 aromatic carbocycles. The molecule has 9 heteroatoms. The van der Waals surface area contributed by atoms with Crippen molar-refractivity contribution in [3.05, 3.63) is 27.7 Å². The monoisotopic (exact) mass is 396 g/mol. The van der Waals surface area contributed by atoms with Crippen LogP contribution in [0, 0.1) is 5.92 Å². The molecule has 0 aromatic heterocycles. The van der Waals surface area contributed by atoms with Crippen molar-refractivity contribution in [1.82, 2.24) is 10.0 Å². The van der Waals surface area contributed by atoms with Crippen LogP contribution in [0.3, 0.4) is 0 Å². The minimum Gasteiger partial charge on any atom is -0.383 e. The van der Waals surface area contributed by atoms with Crippen LogP contribution in [0.15, 0.2) is 17.0 Å². The Labute approximate surface area is 152 Å². The molecule has 136 valence electrons. The standard InChI is InChI=1S/C15H22Cl2N2O4S/c1-9(2)7-18-24(21,22)14-5-11(12(16)6-13(14)17)15(20)19-10(3)8-23-4/h5-6,9-10,18H,7-8H2,1-4H3,(H,19,20). The molecule has 0 aliphatic carbocycles. The molecule has 0 bridgehead atoms. The predicted molar refractivity (Wildman–Crippen MR) is 95.3 cm³/mol. The first-order valence-corrected chi connectivity index (χ1v) is 9.61. The topological polar surface area (TPSA) is 84.5 Å². The van der Waals surface area contributed by atoms with Crippen molar-refractivity contribution in [2.45, 2.75) is 31.7 Å². The van der Waals surface area contributed by atoms with E-state index in [-0.39, 0.29) is 39.0 Å². The Bertz CT molecular complexity index is 693. The van der Waals surface area contributed by atoms with E-state index in [0.717, 1.165) is 0 Å². The van der Waals surface area contributed by atoms with Gasteiger partial charge in [-0.05, 0) is 25.0 Å². The molecule has 6 nitrogen and oxygen atoms in total. The summed E-state index contributed by atoms with van der Waals surface area (Å²) in [4.78, 5) is 12.1. The minimum atomic E-state index is -3.84. The number of sulfonamides is 1. The maximum atomic E-state index is 12.4. The van der Waals surface area contributed by atoms with Crippen molar-refractivity contribution in [3.63, 3.8) is 0 Å². The zero-order valence-corrected chi connectivity index (χ0v) is 16.3. The van der Waals surface area contributed by atoms with Gasteiger partial charge in [0.15, 0.2) is 0 Å². The first kappa shape index (κ1) is 21.2. The van der Waals surface area contributed by atoms with Crippen LogP contribution in [0.25, 0.3) is 0 Å². The van der Waals surface area contributed by atoms with E-state index in [2.05, 4.69) is 10.0 Å². The number of halogens is 2. The Morgan fingerprint density at radius 2 is 1.83 bits per heavy atom. The highest BCUT2D eigenvalue weighted by molar-refractivity contribution is 7.89. The zero-order chi connectivity index (χ0) is 18.5. The highest BCUT2D eigenvalue weighted by Crippen LogP contribution is 2.28. The first-order chi connectivity index (χ1) is 11.1. The molecule has 0 aliphatic rings. The predicted octanol–water partition coefficient (Wildman–Crippen LogP) is 2.69. The number of methoxy groups -OCH3 is 1. The normalized spacial score (nSPS) is 13.1. The molecule has 0 fully saturated rings. The van der Waals surface area contributed by atoms with E-state index >= 15 is 0 Å². The highest BCUT2D eigenvalue weighted by atomic mass is 35.5. The summed E-state index contributed by atoms with van der Waals surface area (Å²) in [5.41, 5.74) is 0.0361. The summed E-state index contributed by atoms with van der Waals surface area (Å²) in [6.45, 7) is 6.09. The fraction of sp³-hybridized carbons (Fsp3) is 0.533. The molecule has 0 radical (unpaired) electrons. The Hall–Kier alpha value is -0.860. The number of rotatable bonds is 8. The number of nitrogens with one attached hydrogen (secondary N) is 2. The third-order valence-corrected chi connectivity index (χ3v) is 5.23. The van der Waals surface area contributed by atoms with E-state index in [1.807, 2.05) is 13.8 Å². The van der Waals surface area contributed by atoms with E-state index < -0.39 is 15.9 Å². The van der Waals surface area contributed by atoms with Gasteiger partial charge in [0.1, 0.15) is 4.90 Å². The lowest BCUT2D eigenvalue weighted by Crippen LogP contribution is -2.36. The second kappa shape index (κ2) is 9.01. The molecule has 1 atom stereocenters. The van der Waals surface area contributed by atoms with Gasteiger partial charge < -0.3 is 10.1 Å². The zero-order valence-electron chi connectivity index (χ0n) is 14.0. The Morgan fingerprint density at radius 3 is 2.38 bits per heavy atom. The molecule has 2 N–H and O–H groups in total. The third-order valence-electron chi connectivity index (χ3n) is 3.03. The molecule has 0 spiro atoms. The van der Waals surface area contributed by atoms with E-state index in [9.17, 15) is 13.2 Å². The van der Waals surface area contributed by atoms with Crippen LogP contribution >= 0.6 is 23.2 Å². The summed E-state index contributed by atoms with van der Waals surface area (Å²) >= 11 is 12.0. The first-order valence-electron chi connectivity index (χ1n) is 7.37. The van der Waals surface area contributed by atoms with Gasteiger partial charge in [0, 0.05) is 19.7 Å². The van der Waals surface area contributed by atoms with Crippen LogP contribution in [0.5, 0.6) is 0 Å². The van der Waals surface area contributed by atoms with Crippen LogP contribution in [0.2, 0.25) is 10.0 Å². The van der Waals surface area contributed by atoms with Crippen LogP contribution in [-0.2, 0) is 14.8 Å². The molecule has 1 unspecified atom stereocenters. The molecule has 0 saturated carbocycles. The summed E-state index contributed by atoms with van der Waals surface area (Å²) in [6.07, 6.45) is 0. The van der Waals surface area contributed by atoms with E-state index in [1.54, 1.807) is 6.92 Å². The molecule has 1 rings (SSSR count). The van der Waals surface area contributed by atoms with Crippen molar-refractivity contribution in [2.75, 3.05) is 20.3 Å². The SMILES string of the molecule is COCC(C)NC(=O)c1cc(S(=O)(=O)NCC(C)C)c(Cl)cc1Cl. The van der Waals surface area contributed by atoms with Gasteiger partial charge in [-0.25, -0.2) is 13.1 Å². The molecule has 1 amide bonds. The van der Waals surface area contributed by atoms with Gasteiger partial charge >= 0.3 is 0 Å². The van der Waals surface area contributed by atoms with Crippen LogP contribution in [0.1, 0.15) is 31.1 Å². The molecular formula is C15H22Cl2N2O4S. The average molecular weight is 397 g/mol. The largest absolute Gasteiger partial charge is 0.383 e. The molecule has 1 aromatic rings. The second-order valence-corrected chi connectivity index (χ2v) is 8.39. The summed E-state index contributed by atoms with van der Waals surface area (Å²) in [6, 6.07) is 2.18. The average Bonchev–Trinajstić information content (AvgIpc) is 2.45. The summed E-state index contributed by atoms with van der Waals surface area (Å²) in [5, 5.41) is 2.71. The van der Waals surface area contributed by atoms with E-state index in [4.69, 9.17) is 27.9 Å². The highest BCUT2D eigenvalue weighted by Gasteiger charge is 2.23. The number of carbonyl (C=O) groups is 1. The van der Waals surface area contributed by atoms with Crippen LogP contribution in [-0.4, -0.2) is 40.6 Å². The number of benzene rings is 1. The molecule has 0 aliphatic heterocycles. The number of carbonyl (C=O) groups excluding carboxylic acids is 1. The minimum absolute atomic E-state index is 0.0361.